The van der Waals surface area contributed by atoms with E-state index in [1.807, 2.05) is 13.0 Å². The van der Waals surface area contributed by atoms with Crippen molar-refractivity contribution in [3.05, 3.63) is 59.2 Å². The second-order valence-corrected chi connectivity index (χ2v) is 8.50. The maximum absolute atomic E-state index is 12.6. The van der Waals surface area contributed by atoms with Crippen LogP contribution >= 0.6 is 0 Å². The van der Waals surface area contributed by atoms with E-state index in [0.717, 1.165) is 18.4 Å². The number of hydrogen-bond donors (Lipinski definition) is 2. The minimum absolute atomic E-state index is 0.177. The largest absolute Gasteiger partial charge is 0.326 e. The van der Waals surface area contributed by atoms with Crippen molar-refractivity contribution in [2.45, 2.75) is 50.5 Å². The summed E-state index contributed by atoms with van der Waals surface area (Å²) in [5, 5.41) is 2.62. The second-order valence-electron chi connectivity index (χ2n) is 6.78. The smallest absolute Gasteiger partial charge is 0.241 e. The molecular weight excluding hydrogens is 348 g/mol. The van der Waals surface area contributed by atoms with Gasteiger partial charge in [-0.2, -0.15) is 0 Å². The number of aryl methyl sites for hydroxylation is 2. The van der Waals surface area contributed by atoms with Gasteiger partial charge in [0.05, 0.1) is 4.90 Å². The SMILES string of the molecule is CC(=O)Nc1ccc(S(=O)(=O)N[C@H](C)c2ccc3c(c2)CCCC3)cc1. The molecule has 1 aliphatic carbocycles. The first-order chi connectivity index (χ1) is 12.3. The van der Waals surface area contributed by atoms with Gasteiger partial charge < -0.3 is 5.32 Å². The Kier molecular flexibility index (Phi) is 5.44. The zero-order chi connectivity index (χ0) is 18.7. The summed E-state index contributed by atoms with van der Waals surface area (Å²) in [6, 6.07) is 12.1. The van der Waals surface area contributed by atoms with Gasteiger partial charge in [0.15, 0.2) is 0 Å². The molecule has 1 atom stereocenters. The zero-order valence-electron chi connectivity index (χ0n) is 15.1. The van der Waals surface area contributed by atoms with E-state index in [2.05, 4.69) is 22.2 Å². The molecular formula is C20H24N2O3S. The number of sulfonamides is 1. The molecule has 26 heavy (non-hydrogen) atoms. The molecule has 3 rings (SSSR count). The minimum atomic E-state index is -3.64. The maximum Gasteiger partial charge on any atom is 0.241 e. The van der Waals surface area contributed by atoms with Gasteiger partial charge in [-0.25, -0.2) is 13.1 Å². The van der Waals surface area contributed by atoms with Crippen molar-refractivity contribution < 1.29 is 13.2 Å². The lowest BCUT2D eigenvalue weighted by atomic mass is 9.89. The Hall–Kier alpha value is -2.18. The third-order valence-electron chi connectivity index (χ3n) is 4.69. The first-order valence-electron chi connectivity index (χ1n) is 8.87. The van der Waals surface area contributed by atoms with Crippen LogP contribution in [0.4, 0.5) is 5.69 Å². The lowest BCUT2D eigenvalue weighted by molar-refractivity contribution is -0.114. The molecule has 2 aromatic carbocycles. The normalized spacial score (nSPS) is 15.2. The molecule has 1 amide bonds. The summed E-state index contributed by atoms with van der Waals surface area (Å²) >= 11 is 0. The third kappa shape index (κ3) is 4.31. The number of anilines is 1. The van der Waals surface area contributed by atoms with E-state index in [-0.39, 0.29) is 16.8 Å². The summed E-state index contributed by atoms with van der Waals surface area (Å²) in [5.74, 6) is -0.195. The van der Waals surface area contributed by atoms with E-state index < -0.39 is 10.0 Å². The lowest BCUT2D eigenvalue weighted by Crippen LogP contribution is -2.27. The van der Waals surface area contributed by atoms with E-state index in [9.17, 15) is 13.2 Å². The predicted octanol–water partition coefficient (Wildman–Crippen LogP) is 3.56. The second kappa shape index (κ2) is 7.60. The molecule has 0 spiro atoms. The lowest BCUT2D eigenvalue weighted by Gasteiger charge is -2.20. The molecule has 0 aliphatic heterocycles. The van der Waals surface area contributed by atoms with Crippen LogP contribution in [-0.4, -0.2) is 14.3 Å². The molecule has 0 unspecified atom stereocenters. The molecule has 0 bridgehead atoms. The van der Waals surface area contributed by atoms with Crippen molar-refractivity contribution in [3.8, 4) is 0 Å². The van der Waals surface area contributed by atoms with E-state index in [1.54, 1.807) is 12.1 Å². The highest BCUT2D eigenvalue weighted by Crippen LogP contribution is 2.25. The molecule has 0 radical (unpaired) electrons. The summed E-state index contributed by atoms with van der Waals surface area (Å²) in [6.45, 7) is 3.26. The Morgan fingerprint density at radius 2 is 1.65 bits per heavy atom. The van der Waals surface area contributed by atoms with Gasteiger partial charge in [0.25, 0.3) is 0 Å². The first-order valence-corrected chi connectivity index (χ1v) is 10.4. The van der Waals surface area contributed by atoms with Gasteiger partial charge >= 0.3 is 0 Å². The van der Waals surface area contributed by atoms with Crippen LogP contribution in [0.2, 0.25) is 0 Å². The molecule has 138 valence electrons. The number of fused-ring (bicyclic) bond motifs is 1. The monoisotopic (exact) mass is 372 g/mol. The molecule has 6 heteroatoms. The van der Waals surface area contributed by atoms with E-state index >= 15 is 0 Å². The number of amides is 1. The Balaban J connectivity index is 1.75. The Bertz CT molecular complexity index is 905. The average Bonchev–Trinajstić information content (AvgIpc) is 2.61. The highest BCUT2D eigenvalue weighted by atomic mass is 32.2. The maximum atomic E-state index is 12.6. The van der Waals surface area contributed by atoms with Crippen molar-refractivity contribution in [1.29, 1.82) is 0 Å². The van der Waals surface area contributed by atoms with Gasteiger partial charge in [-0.05, 0) is 73.6 Å². The van der Waals surface area contributed by atoms with Crippen molar-refractivity contribution in [3.63, 3.8) is 0 Å². The summed E-state index contributed by atoms with van der Waals surface area (Å²) < 4.78 is 28.0. The number of rotatable bonds is 5. The fourth-order valence-corrected chi connectivity index (χ4v) is 4.54. The summed E-state index contributed by atoms with van der Waals surface area (Å²) in [5.41, 5.74) is 4.26. The standard InChI is InChI=1S/C20H24N2O3S/c1-14(17-8-7-16-5-3-4-6-18(16)13-17)22-26(24,25)20-11-9-19(10-12-20)21-15(2)23/h7-14,22H,3-6H2,1-2H3,(H,21,23)/t14-/m1/s1. The molecule has 1 aliphatic rings. The molecule has 0 fully saturated rings. The van der Waals surface area contributed by atoms with Crippen LogP contribution in [0.25, 0.3) is 0 Å². The van der Waals surface area contributed by atoms with E-state index in [1.165, 1.54) is 43.0 Å². The predicted molar refractivity (Wildman–Crippen MR) is 103 cm³/mol. The van der Waals surface area contributed by atoms with Crippen LogP contribution in [0, 0.1) is 0 Å². The number of hydrogen-bond acceptors (Lipinski definition) is 3. The topological polar surface area (TPSA) is 75.3 Å². The van der Waals surface area contributed by atoms with Crippen LogP contribution in [-0.2, 0) is 27.7 Å². The molecule has 0 saturated heterocycles. The fraction of sp³-hybridized carbons (Fsp3) is 0.350. The van der Waals surface area contributed by atoms with Crippen molar-refractivity contribution in [2.75, 3.05) is 5.32 Å². The van der Waals surface area contributed by atoms with Crippen molar-refractivity contribution >= 4 is 21.6 Å². The van der Waals surface area contributed by atoms with Gasteiger partial charge in [-0.15, -0.1) is 0 Å². The molecule has 0 heterocycles. The van der Waals surface area contributed by atoms with Crippen molar-refractivity contribution in [1.82, 2.24) is 4.72 Å². The van der Waals surface area contributed by atoms with Gasteiger partial charge in [0, 0.05) is 18.7 Å². The molecule has 0 saturated carbocycles. The van der Waals surface area contributed by atoms with Gasteiger partial charge in [0.1, 0.15) is 0 Å². The first kappa shape index (κ1) is 18.6. The van der Waals surface area contributed by atoms with Crippen LogP contribution < -0.4 is 10.0 Å². The highest BCUT2D eigenvalue weighted by molar-refractivity contribution is 7.89. The molecule has 2 N–H and O–H groups in total. The molecule has 5 nitrogen and oxygen atoms in total. The summed E-state index contributed by atoms with van der Waals surface area (Å²) in [6.07, 6.45) is 4.59. The summed E-state index contributed by atoms with van der Waals surface area (Å²) in [7, 11) is -3.64. The minimum Gasteiger partial charge on any atom is -0.326 e. The van der Waals surface area contributed by atoms with Gasteiger partial charge in [-0.3, -0.25) is 4.79 Å². The van der Waals surface area contributed by atoms with Gasteiger partial charge in [-0.1, -0.05) is 18.2 Å². The Labute approximate surface area is 154 Å². The Morgan fingerprint density at radius 3 is 2.31 bits per heavy atom. The number of carbonyl (C=O) groups is 1. The quantitative estimate of drug-likeness (QED) is 0.843. The van der Waals surface area contributed by atoms with Crippen LogP contribution in [0.15, 0.2) is 47.4 Å². The van der Waals surface area contributed by atoms with Crippen molar-refractivity contribution in [2.24, 2.45) is 0 Å². The van der Waals surface area contributed by atoms with Gasteiger partial charge in [0.2, 0.25) is 15.9 Å². The zero-order valence-corrected chi connectivity index (χ0v) is 15.9. The van der Waals surface area contributed by atoms with Crippen LogP contribution in [0.5, 0.6) is 0 Å². The van der Waals surface area contributed by atoms with Crippen LogP contribution in [0.3, 0.4) is 0 Å². The fourth-order valence-electron chi connectivity index (χ4n) is 3.31. The highest BCUT2D eigenvalue weighted by Gasteiger charge is 2.19. The molecule has 2 aromatic rings. The Morgan fingerprint density at radius 1 is 1.00 bits per heavy atom. The van der Waals surface area contributed by atoms with E-state index in [4.69, 9.17) is 0 Å². The van der Waals surface area contributed by atoms with Crippen LogP contribution in [0.1, 0.15) is 49.4 Å². The third-order valence-corrected chi connectivity index (χ3v) is 6.25. The number of nitrogens with one attached hydrogen (secondary N) is 2. The summed E-state index contributed by atoms with van der Waals surface area (Å²) in [4.78, 5) is 11.2. The molecule has 0 aromatic heterocycles. The van der Waals surface area contributed by atoms with E-state index in [0.29, 0.717) is 5.69 Å². The number of benzene rings is 2. The number of carbonyl (C=O) groups excluding carboxylic acids is 1. The average molecular weight is 372 g/mol.